The van der Waals surface area contributed by atoms with Crippen molar-refractivity contribution < 1.29 is 9.53 Å². The van der Waals surface area contributed by atoms with Gasteiger partial charge in [0.25, 0.3) is 11.5 Å². The summed E-state index contributed by atoms with van der Waals surface area (Å²) in [6.45, 7) is 0.340. The Labute approximate surface area is 148 Å². The van der Waals surface area contributed by atoms with Crippen molar-refractivity contribution in [2.24, 2.45) is 0 Å². The molecular weight excluding hydrogens is 338 g/mol. The van der Waals surface area contributed by atoms with Crippen LogP contribution in [0.5, 0.6) is 5.75 Å². The van der Waals surface area contributed by atoms with Crippen LogP contribution in [-0.2, 0) is 19.4 Å². The number of carbonyl (C=O) groups excluding carboxylic acids is 1. The molecule has 2 heterocycles. The number of fused-ring (bicyclic) bond motifs is 3. The van der Waals surface area contributed by atoms with Crippen LogP contribution in [0.25, 0.3) is 4.96 Å². The van der Waals surface area contributed by atoms with Gasteiger partial charge in [0, 0.05) is 23.3 Å². The van der Waals surface area contributed by atoms with Crippen LogP contribution < -0.4 is 15.6 Å². The first-order valence-corrected chi connectivity index (χ1v) is 8.92. The Morgan fingerprint density at radius 3 is 2.88 bits per heavy atom. The van der Waals surface area contributed by atoms with E-state index in [4.69, 9.17) is 4.74 Å². The molecule has 0 aliphatic heterocycles. The van der Waals surface area contributed by atoms with Gasteiger partial charge in [-0.2, -0.15) is 0 Å². The molecule has 0 unspecified atom stereocenters. The molecule has 1 N–H and O–H groups in total. The second-order valence-electron chi connectivity index (χ2n) is 5.95. The van der Waals surface area contributed by atoms with E-state index in [2.05, 4.69) is 10.3 Å². The molecule has 3 aromatic rings. The number of carbonyl (C=O) groups is 1. The van der Waals surface area contributed by atoms with E-state index >= 15 is 0 Å². The zero-order valence-corrected chi connectivity index (χ0v) is 14.6. The van der Waals surface area contributed by atoms with Gasteiger partial charge in [-0.3, -0.25) is 14.0 Å². The van der Waals surface area contributed by atoms with Crippen molar-refractivity contribution in [3.8, 4) is 5.75 Å². The van der Waals surface area contributed by atoms with E-state index < -0.39 is 5.91 Å². The van der Waals surface area contributed by atoms with E-state index in [9.17, 15) is 9.59 Å². The van der Waals surface area contributed by atoms with Gasteiger partial charge in [-0.15, -0.1) is 11.3 Å². The topological polar surface area (TPSA) is 72.7 Å². The second-order valence-corrected chi connectivity index (χ2v) is 7.01. The lowest BCUT2D eigenvalue weighted by molar-refractivity contribution is 0.0949. The average Bonchev–Trinajstić information content (AvgIpc) is 3.21. The Hall–Kier alpha value is -2.67. The fourth-order valence-corrected chi connectivity index (χ4v) is 4.25. The summed E-state index contributed by atoms with van der Waals surface area (Å²) in [6.07, 6.45) is 4.29. The van der Waals surface area contributed by atoms with E-state index in [0.717, 1.165) is 36.3 Å². The van der Waals surface area contributed by atoms with Crippen molar-refractivity contribution in [1.82, 2.24) is 14.7 Å². The highest BCUT2D eigenvalue weighted by Crippen LogP contribution is 2.28. The highest BCUT2D eigenvalue weighted by molar-refractivity contribution is 7.17. The SMILES string of the molecule is COc1ccc(CNC(=O)c2cnc3sc4c(n3c2=O)CCC4)cc1. The Balaban J connectivity index is 1.57. The van der Waals surface area contributed by atoms with Gasteiger partial charge in [0.05, 0.1) is 7.11 Å². The van der Waals surface area contributed by atoms with Crippen molar-refractivity contribution in [3.63, 3.8) is 0 Å². The van der Waals surface area contributed by atoms with Crippen LogP contribution in [0.3, 0.4) is 0 Å². The number of nitrogens with one attached hydrogen (secondary N) is 1. The summed E-state index contributed by atoms with van der Waals surface area (Å²) in [5.74, 6) is 0.356. The zero-order chi connectivity index (χ0) is 17.4. The van der Waals surface area contributed by atoms with Crippen molar-refractivity contribution in [2.75, 3.05) is 7.11 Å². The summed E-state index contributed by atoms with van der Waals surface area (Å²) in [5, 5.41) is 2.79. The van der Waals surface area contributed by atoms with Crippen LogP contribution in [0, 0.1) is 0 Å². The third-order valence-corrected chi connectivity index (χ3v) is 5.57. The maximum Gasteiger partial charge on any atom is 0.271 e. The van der Waals surface area contributed by atoms with Crippen LogP contribution in [0.4, 0.5) is 0 Å². The minimum absolute atomic E-state index is 0.0820. The van der Waals surface area contributed by atoms with Gasteiger partial charge < -0.3 is 10.1 Å². The maximum atomic E-state index is 12.7. The quantitative estimate of drug-likeness (QED) is 0.779. The molecule has 128 valence electrons. The molecule has 2 aromatic heterocycles. The molecule has 0 bridgehead atoms. The molecular formula is C18H17N3O3S. The fourth-order valence-electron chi connectivity index (χ4n) is 3.08. The fraction of sp³-hybridized carbons (Fsp3) is 0.278. The third-order valence-electron chi connectivity index (χ3n) is 4.41. The van der Waals surface area contributed by atoms with Gasteiger partial charge in [0.1, 0.15) is 11.3 Å². The highest BCUT2D eigenvalue weighted by atomic mass is 32.1. The van der Waals surface area contributed by atoms with Gasteiger partial charge in [-0.05, 0) is 37.0 Å². The number of amides is 1. The number of thiazole rings is 1. The molecule has 7 heteroatoms. The smallest absolute Gasteiger partial charge is 0.271 e. The number of hydrogen-bond acceptors (Lipinski definition) is 5. The molecule has 0 atom stereocenters. The van der Waals surface area contributed by atoms with Gasteiger partial charge in [0.2, 0.25) is 0 Å². The van der Waals surface area contributed by atoms with Gasteiger partial charge in [-0.25, -0.2) is 4.98 Å². The summed E-state index contributed by atoms with van der Waals surface area (Å²) in [4.78, 5) is 31.4. The monoisotopic (exact) mass is 355 g/mol. The predicted molar refractivity (Wildman–Crippen MR) is 95.5 cm³/mol. The van der Waals surface area contributed by atoms with Crippen LogP contribution in [0.2, 0.25) is 0 Å². The number of rotatable bonds is 4. The summed E-state index contributed by atoms with van der Waals surface area (Å²) >= 11 is 1.54. The molecule has 0 saturated carbocycles. The highest BCUT2D eigenvalue weighted by Gasteiger charge is 2.22. The van der Waals surface area contributed by atoms with Crippen molar-refractivity contribution in [3.05, 3.63) is 62.5 Å². The first-order valence-electron chi connectivity index (χ1n) is 8.11. The number of benzene rings is 1. The molecule has 1 amide bonds. The number of hydrogen-bond donors (Lipinski definition) is 1. The third kappa shape index (κ3) is 2.80. The van der Waals surface area contributed by atoms with Crippen LogP contribution in [0.15, 0.2) is 35.3 Å². The lowest BCUT2D eigenvalue weighted by Crippen LogP contribution is -2.31. The lowest BCUT2D eigenvalue weighted by atomic mass is 10.2. The lowest BCUT2D eigenvalue weighted by Gasteiger charge is -2.06. The van der Waals surface area contributed by atoms with Gasteiger partial charge in [0.15, 0.2) is 4.96 Å². The Kier molecular flexibility index (Phi) is 4.01. The normalized spacial score (nSPS) is 13.0. The Bertz CT molecular complexity index is 1000. The predicted octanol–water partition coefficient (Wildman–Crippen LogP) is 2.18. The minimum Gasteiger partial charge on any atom is -0.497 e. The Morgan fingerprint density at radius 1 is 1.32 bits per heavy atom. The number of ether oxygens (including phenoxy) is 1. The largest absolute Gasteiger partial charge is 0.497 e. The van der Waals surface area contributed by atoms with Crippen LogP contribution in [0.1, 0.15) is 32.9 Å². The summed E-state index contributed by atoms with van der Waals surface area (Å²) < 4.78 is 6.72. The van der Waals surface area contributed by atoms with Crippen molar-refractivity contribution in [2.45, 2.75) is 25.8 Å². The number of nitrogens with zero attached hydrogens (tertiary/aromatic N) is 2. The molecule has 4 rings (SSSR count). The van der Waals surface area contributed by atoms with Crippen molar-refractivity contribution in [1.29, 1.82) is 0 Å². The first-order chi connectivity index (χ1) is 12.2. The van der Waals surface area contributed by atoms with E-state index in [1.807, 2.05) is 24.3 Å². The molecule has 0 saturated heterocycles. The van der Waals surface area contributed by atoms with E-state index in [1.165, 1.54) is 11.1 Å². The molecule has 0 radical (unpaired) electrons. The molecule has 0 fully saturated rings. The molecule has 1 aliphatic carbocycles. The first kappa shape index (κ1) is 15.8. The molecule has 6 nitrogen and oxygen atoms in total. The summed E-state index contributed by atoms with van der Waals surface area (Å²) in [7, 11) is 1.61. The van der Waals surface area contributed by atoms with Crippen LogP contribution in [-0.4, -0.2) is 22.4 Å². The number of aryl methyl sites for hydroxylation is 2. The molecule has 1 aromatic carbocycles. The summed E-state index contributed by atoms with van der Waals surface area (Å²) in [6, 6.07) is 7.41. The van der Waals surface area contributed by atoms with Crippen molar-refractivity contribution >= 4 is 22.2 Å². The number of methoxy groups -OCH3 is 1. The zero-order valence-electron chi connectivity index (χ0n) is 13.7. The second kappa shape index (κ2) is 6.33. The van der Waals surface area contributed by atoms with Gasteiger partial charge >= 0.3 is 0 Å². The maximum absolute atomic E-state index is 12.7. The van der Waals surface area contributed by atoms with E-state index in [1.54, 1.807) is 22.8 Å². The average molecular weight is 355 g/mol. The molecule has 25 heavy (non-hydrogen) atoms. The standard InChI is InChI=1S/C18H17N3O3S/c1-24-12-7-5-11(6-8-12)9-19-16(22)13-10-20-18-21(17(13)23)14-3-2-4-15(14)25-18/h5-8,10H,2-4,9H2,1H3,(H,19,22). The minimum atomic E-state index is -0.402. The Morgan fingerprint density at radius 2 is 2.12 bits per heavy atom. The van der Waals surface area contributed by atoms with E-state index in [0.29, 0.717) is 11.5 Å². The van der Waals surface area contributed by atoms with E-state index in [-0.39, 0.29) is 11.1 Å². The number of aromatic nitrogens is 2. The van der Waals surface area contributed by atoms with Gasteiger partial charge in [-0.1, -0.05) is 12.1 Å². The van der Waals surface area contributed by atoms with Crippen LogP contribution >= 0.6 is 11.3 Å². The molecule has 1 aliphatic rings. The summed E-state index contributed by atoms with van der Waals surface area (Å²) in [5.41, 5.74) is 1.75. The molecule has 0 spiro atoms.